The molecule has 2 N–H and O–H groups in total. The second kappa shape index (κ2) is 4.95. The van der Waals surface area contributed by atoms with E-state index in [9.17, 15) is 5.11 Å². The van der Waals surface area contributed by atoms with Crippen LogP contribution in [0.25, 0.3) is 0 Å². The summed E-state index contributed by atoms with van der Waals surface area (Å²) in [5.74, 6) is 1.75. The Morgan fingerprint density at radius 2 is 2.39 bits per heavy atom. The maximum atomic E-state index is 9.48. The number of β-amino-alcohol motifs (C(OH)–C–C–N with tert-alkyl or cyclic N) is 1. The van der Waals surface area contributed by atoms with Gasteiger partial charge in [-0.3, -0.25) is 0 Å². The number of hydrogen-bond acceptors (Lipinski definition) is 6. The summed E-state index contributed by atoms with van der Waals surface area (Å²) in [6, 6.07) is -0.0253. The normalized spacial score (nSPS) is 29.7. The van der Waals surface area contributed by atoms with E-state index in [1.54, 1.807) is 0 Å². The van der Waals surface area contributed by atoms with Crippen molar-refractivity contribution in [1.82, 2.24) is 15.5 Å². The van der Waals surface area contributed by atoms with Crippen LogP contribution in [0.4, 0.5) is 0 Å². The van der Waals surface area contributed by atoms with E-state index in [1.807, 2.05) is 6.92 Å². The molecule has 6 nitrogen and oxygen atoms in total. The maximum Gasteiger partial charge on any atom is 0.243 e. The molecule has 3 atom stereocenters. The number of aliphatic hydroxyl groups is 1. The molecule has 6 heteroatoms. The van der Waals surface area contributed by atoms with Gasteiger partial charge >= 0.3 is 0 Å². The fraction of sp³-hybridized carbons (Fsp3) is 0.833. The van der Waals surface area contributed by atoms with Gasteiger partial charge < -0.3 is 19.7 Å². The van der Waals surface area contributed by atoms with Gasteiger partial charge in [-0.1, -0.05) is 5.16 Å². The molecule has 1 aromatic heterocycles. The van der Waals surface area contributed by atoms with Crippen molar-refractivity contribution < 1.29 is 14.4 Å². The minimum Gasteiger partial charge on any atom is -0.392 e. The van der Waals surface area contributed by atoms with Crippen LogP contribution in [0.3, 0.4) is 0 Å². The SMILES string of the molecule is CCOC(c1noc([C@@H]2C[C@@H](O)CN2)n1)C1CC1. The zero-order valence-corrected chi connectivity index (χ0v) is 10.5. The van der Waals surface area contributed by atoms with Gasteiger partial charge in [0, 0.05) is 13.2 Å². The standard InChI is InChI=1S/C12H19N3O3/c1-2-17-10(7-3-4-7)11-14-12(18-15-11)9-5-8(16)6-13-9/h7-10,13,16H,2-6H2,1H3/t8-,9+,10?/m1/s1. The highest BCUT2D eigenvalue weighted by molar-refractivity contribution is 5.02. The van der Waals surface area contributed by atoms with E-state index in [0.717, 1.165) is 0 Å². The highest BCUT2D eigenvalue weighted by Crippen LogP contribution is 2.42. The van der Waals surface area contributed by atoms with Crippen molar-refractivity contribution in [3.8, 4) is 0 Å². The van der Waals surface area contributed by atoms with Gasteiger partial charge in [0.25, 0.3) is 0 Å². The van der Waals surface area contributed by atoms with Crippen molar-refractivity contribution in [2.75, 3.05) is 13.2 Å². The average Bonchev–Trinajstić information content (AvgIpc) is 2.91. The number of rotatable bonds is 5. The monoisotopic (exact) mass is 253 g/mol. The first-order valence-corrected chi connectivity index (χ1v) is 6.64. The van der Waals surface area contributed by atoms with E-state index in [2.05, 4.69) is 15.5 Å². The lowest BCUT2D eigenvalue weighted by Gasteiger charge is -2.11. The number of hydrogen-bond donors (Lipinski definition) is 2. The van der Waals surface area contributed by atoms with Gasteiger partial charge in [0.05, 0.1) is 12.1 Å². The molecule has 1 aliphatic carbocycles. The van der Waals surface area contributed by atoms with Crippen molar-refractivity contribution >= 4 is 0 Å². The Morgan fingerprint density at radius 1 is 1.56 bits per heavy atom. The average molecular weight is 253 g/mol. The molecule has 2 heterocycles. The highest BCUT2D eigenvalue weighted by atomic mass is 16.5. The molecule has 1 aliphatic heterocycles. The molecule has 3 rings (SSSR count). The van der Waals surface area contributed by atoms with Crippen LogP contribution >= 0.6 is 0 Å². The van der Waals surface area contributed by atoms with Crippen LogP contribution in [-0.4, -0.2) is 34.5 Å². The van der Waals surface area contributed by atoms with E-state index < -0.39 is 0 Å². The Kier molecular flexibility index (Phi) is 3.32. The first-order valence-electron chi connectivity index (χ1n) is 6.64. The summed E-state index contributed by atoms with van der Waals surface area (Å²) in [5, 5.41) is 16.7. The second-order valence-electron chi connectivity index (χ2n) is 5.05. The predicted molar refractivity (Wildman–Crippen MR) is 62.8 cm³/mol. The summed E-state index contributed by atoms with van der Waals surface area (Å²) in [5.41, 5.74) is 0. The van der Waals surface area contributed by atoms with Gasteiger partial charge in [-0.05, 0) is 32.1 Å². The minimum absolute atomic E-state index is 0.0253. The Morgan fingerprint density at radius 3 is 3.00 bits per heavy atom. The topological polar surface area (TPSA) is 80.4 Å². The van der Waals surface area contributed by atoms with Gasteiger partial charge in [0.2, 0.25) is 11.7 Å². The second-order valence-corrected chi connectivity index (χ2v) is 5.05. The lowest BCUT2D eigenvalue weighted by molar-refractivity contribution is 0.0384. The third-order valence-electron chi connectivity index (χ3n) is 3.51. The van der Waals surface area contributed by atoms with E-state index >= 15 is 0 Å². The summed E-state index contributed by atoms with van der Waals surface area (Å²) in [7, 11) is 0. The minimum atomic E-state index is -0.323. The molecule has 0 spiro atoms. The molecule has 18 heavy (non-hydrogen) atoms. The number of aromatic nitrogens is 2. The molecule has 1 aromatic rings. The molecule has 2 fully saturated rings. The fourth-order valence-corrected chi connectivity index (χ4v) is 2.41. The summed E-state index contributed by atoms with van der Waals surface area (Å²) in [6.45, 7) is 3.22. The Bertz CT molecular complexity index is 405. The Balaban J connectivity index is 1.71. The van der Waals surface area contributed by atoms with Crippen molar-refractivity contribution in [1.29, 1.82) is 0 Å². The number of nitrogens with one attached hydrogen (secondary N) is 1. The molecular formula is C12H19N3O3. The third-order valence-corrected chi connectivity index (χ3v) is 3.51. The van der Waals surface area contributed by atoms with Gasteiger partial charge in [-0.25, -0.2) is 0 Å². The van der Waals surface area contributed by atoms with Gasteiger partial charge in [-0.15, -0.1) is 0 Å². The lowest BCUT2D eigenvalue weighted by Crippen LogP contribution is -2.15. The number of nitrogens with zero attached hydrogens (tertiary/aromatic N) is 2. The van der Waals surface area contributed by atoms with Crippen LogP contribution in [0.5, 0.6) is 0 Å². The van der Waals surface area contributed by atoms with Gasteiger partial charge in [0.1, 0.15) is 6.10 Å². The molecule has 1 saturated carbocycles. The van der Waals surface area contributed by atoms with E-state index in [1.165, 1.54) is 12.8 Å². The predicted octanol–water partition coefficient (Wildman–Crippen LogP) is 0.953. The fourth-order valence-electron chi connectivity index (χ4n) is 2.41. The van der Waals surface area contributed by atoms with E-state index in [0.29, 0.717) is 37.2 Å². The van der Waals surface area contributed by atoms with Gasteiger partial charge in [0.15, 0.2) is 0 Å². The Hall–Kier alpha value is -0.980. The smallest absolute Gasteiger partial charge is 0.243 e. The maximum absolute atomic E-state index is 9.48. The lowest BCUT2D eigenvalue weighted by atomic mass is 10.2. The molecule has 100 valence electrons. The van der Waals surface area contributed by atoms with Gasteiger partial charge in [-0.2, -0.15) is 4.98 Å². The molecule has 0 bridgehead atoms. The molecule has 0 radical (unpaired) electrons. The van der Waals surface area contributed by atoms with Crippen molar-refractivity contribution in [2.45, 2.75) is 44.4 Å². The number of ether oxygens (including phenoxy) is 1. The Labute approximate surface area is 106 Å². The van der Waals surface area contributed by atoms with Crippen molar-refractivity contribution in [3.05, 3.63) is 11.7 Å². The van der Waals surface area contributed by atoms with Crippen LogP contribution in [0.15, 0.2) is 4.52 Å². The quantitative estimate of drug-likeness (QED) is 0.813. The molecular weight excluding hydrogens is 234 g/mol. The third kappa shape index (κ3) is 2.41. The van der Waals surface area contributed by atoms with E-state index in [4.69, 9.17) is 9.26 Å². The first-order chi connectivity index (χ1) is 8.78. The van der Waals surface area contributed by atoms with E-state index in [-0.39, 0.29) is 18.2 Å². The van der Waals surface area contributed by atoms with Crippen molar-refractivity contribution in [3.63, 3.8) is 0 Å². The van der Waals surface area contributed by atoms with Crippen LogP contribution < -0.4 is 5.32 Å². The summed E-state index contributed by atoms with van der Waals surface area (Å²) in [4.78, 5) is 4.43. The zero-order chi connectivity index (χ0) is 12.5. The highest BCUT2D eigenvalue weighted by Gasteiger charge is 2.37. The molecule has 1 saturated heterocycles. The molecule has 1 unspecified atom stereocenters. The molecule has 0 aromatic carbocycles. The van der Waals surface area contributed by atoms with Crippen LogP contribution in [0, 0.1) is 5.92 Å². The summed E-state index contributed by atoms with van der Waals surface area (Å²) in [6.07, 6.45) is 2.63. The number of aliphatic hydroxyl groups excluding tert-OH is 1. The van der Waals surface area contributed by atoms with Crippen molar-refractivity contribution in [2.24, 2.45) is 5.92 Å². The molecule has 2 aliphatic rings. The van der Waals surface area contributed by atoms with Crippen LogP contribution in [-0.2, 0) is 4.74 Å². The van der Waals surface area contributed by atoms with Crippen LogP contribution in [0.1, 0.15) is 50.0 Å². The summed E-state index contributed by atoms with van der Waals surface area (Å²) < 4.78 is 11.0. The zero-order valence-electron chi connectivity index (χ0n) is 10.5. The summed E-state index contributed by atoms with van der Waals surface area (Å²) >= 11 is 0. The molecule has 0 amide bonds. The largest absolute Gasteiger partial charge is 0.392 e. The van der Waals surface area contributed by atoms with Crippen LogP contribution in [0.2, 0.25) is 0 Å². The first kappa shape index (κ1) is 12.1.